The Bertz CT molecular complexity index is 1470. The van der Waals surface area contributed by atoms with Gasteiger partial charge in [0, 0.05) is 17.7 Å². The van der Waals surface area contributed by atoms with Crippen molar-refractivity contribution in [2.75, 3.05) is 6.54 Å². The highest BCUT2D eigenvalue weighted by Crippen LogP contribution is 2.46. The number of nitrogens with zero attached hydrogens (tertiary/aromatic N) is 2. The molecule has 34 heavy (non-hydrogen) atoms. The van der Waals surface area contributed by atoms with Crippen LogP contribution >= 0.6 is 0 Å². The Balaban J connectivity index is 1.37. The lowest BCUT2D eigenvalue weighted by atomic mass is 9.94. The number of carbonyl (C=O) groups is 1. The highest BCUT2D eigenvalue weighted by Gasteiger charge is 2.44. The number of aromatic nitrogens is 3. The summed E-state index contributed by atoms with van der Waals surface area (Å²) < 4.78 is 11.6. The number of amides is 1. The van der Waals surface area contributed by atoms with Gasteiger partial charge in [0.05, 0.1) is 17.7 Å². The largest absolute Gasteiger partial charge is 0.490 e. The minimum absolute atomic E-state index is 0.0429. The van der Waals surface area contributed by atoms with Crippen molar-refractivity contribution in [2.45, 2.75) is 44.2 Å². The molecule has 2 fully saturated rings. The third kappa shape index (κ3) is 3.09. The predicted molar refractivity (Wildman–Crippen MR) is 125 cm³/mol. The van der Waals surface area contributed by atoms with Crippen molar-refractivity contribution in [2.24, 2.45) is 5.92 Å². The Kier molecular flexibility index (Phi) is 4.24. The number of hydrogen-bond donors (Lipinski definition) is 2. The second-order valence-electron chi connectivity index (χ2n) is 9.60. The highest BCUT2D eigenvalue weighted by atomic mass is 16.5. The molecule has 1 amide bonds. The molecule has 2 aromatic carbocycles. The van der Waals surface area contributed by atoms with Crippen LogP contribution in [0.1, 0.15) is 59.8 Å². The standard InChI is InChI=1S/C26H24N4O4/c31-25-22-20(21(28-29-22)18-8-3-9-19-24(18)34-26(32)27-19)23(30(25)13-14-10-11-14)15-4-1-7-17(12-15)33-16-5-2-6-16/h1,3-4,7-9,12,14,16,23H,2,5-6,10-11,13H2,(H,27,32)(H,28,29). The van der Waals surface area contributed by atoms with Gasteiger partial charge in [0.25, 0.3) is 5.91 Å². The molecule has 0 spiro atoms. The number of benzene rings is 2. The Labute approximate surface area is 194 Å². The van der Waals surface area contributed by atoms with Gasteiger partial charge in [0.15, 0.2) is 5.58 Å². The van der Waals surface area contributed by atoms with E-state index in [0.29, 0.717) is 40.5 Å². The highest BCUT2D eigenvalue weighted by molar-refractivity contribution is 6.01. The van der Waals surface area contributed by atoms with E-state index in [1.165, 1.54) is 6.42 Å². The van der Waals surface area contributed by atoms with E-state index in [0.717, 1.165) is 42.6 Å². The smallest absolute Gasteiger partial charge is 0.417 e. The monoisotopic (exact) mass is 456 g/mol. The second kappa shape index (κ2) is 7.35. The fraction of sp³-hybridized carbons (Fsp3) is 0.346. The zero-order valence-electron chi connectivity index (χ0n) is 18.5. The molecule has 4 aromatic rings. The average molecular weight is 457 g/mol. The van der Waals surface area contributed by atoms with Crippen molar-refractivity contribution in [3.63, 3.8) is 0 Å². The summed E-state index contributed by atoms with van der Waals surface area (Å²) in [5, 5.41) is 7.53. The summed E-state index contributed by atoms with van der Waals surface area (Å²) in [5.41, 5.74) is 4.67. The zero-order valence-corrected chi connectivity index (χ0v) is 18.5. The van der Waals surface area contributed by atoms with Crippen molar-refractivity contribution >= 4 is 17.0 Å². The van der Waals surface area contributed by atoms with Gasteiger partial charge in [-0.2, -0.15) is 5.10 Å². The molecule has 2 aliphatic carbocycles. The van der Waals surface area contributed by atoms with E-state index < -0.39 is 5.76 Å². The molecule has 8 nitrogen and oxygen atoms in total. The van der Waals surface area contributed by atoms with Gasteiger partial charge in [-0.3, -0.25) is 14.9 Å². The van der Waals surface area contributed by atoms with E-state index in [9.17, 15) is 9.59 Å². The minimum Gasteiger partial charge on any atom is -0.490 e. The van der Waals surface area contributed by atoms with Crippen molar-refractivity contribution in [3.05, 3.63) is 69.8 Å². The maximum Gasteiger partial charge on any atom is 0.417 e. The quantitative estimate of drug-likeness (QED) is 0.448. The number of nitrogens with one attached hydrogen (secondary N) is 2. The van der Waals surface area contributed by atoms with Gasteiger partial charge in [0.2, 0.25) is 0 Å². The molecule has 1 aliphatic heterocycles. The molecular formula is C26H24N4O4. The predicted octanol–water partition coefficient (Wildman–Crippen LogP) is 4.40. The first-order valence-corrected chi connectivity index (χ1v) is 11.9. The number of H-pyrrole nitrogens is 2. The summed E-state index contributed by atoms with van der Waals surface area (Å²) >= 11 is 0. The lowest BCUT2D eigenvalue weighted by Crippen LogP contribution is -2.31. The molecule has 3 aliphatic rings. The van der Waals surface area contributed by atoms with Crippen LogP contribution in [0.15, 0.2) is 51.7 Å². The van der Waals surface area contributed by atoms with E-state index in [1.54, 1.807) is 6.07 Å². The molecule has 0 saturated heterocycles. The molecule has 0 bridgehead atoms. The van der Waals surface area contributed by atoms with Crippen molar-refractivity contribution in [3.8, 4) is 17.0 Å². The van der Waals surface area contributed by atoms with Gasteiger partial charge in [0.1, 0.15) is 17.1 Å². The Morgan fingerprint density at radius 3 is 2.74 bits per heavy atom. The van der Waals surface area contributed by atoms with Gasteiger partial charge in [-0.15, -0.1) is 0 Å². The van der Waals surface area contributed by atoms with Crippen LogP contribution in [-0.2, 0) is 0 Å². The van der Waals surface area contributed by atoms with Crippen LogP contribution in [0.4, 0.5) is 0 Å². The molecule has 2 N–H and O–H groups in total. The number of oxazole rings is 1. The molecule has 1 atom stereocenters. The minimum atomic E-state index is -0.515. The van der Waals surface area contributed by atoms with Gasteiger partial charge < -0.3 is 14.1 Å². The van der Waals surface area contributed by atoms with E-state index in [1.807, 2.05) is 35.2 Å². The van der Waals surface area contributed by atoms with Crippen LogP contribution in [0.3, 0.4) is 0 Å². The van der Waals surface area contributed by atoms with Crippen LogP contribution in [0, 0.1) is 5.92 Å². The SMILES string of the molecule is O=C1c2[nH]nc(-c3cccc4[nH]c(=O)oc34)c2C(c2cccc(OC3CCC3)c2)N1CC1CC1. The number of ether oxygens (including phenoxy) is 1. The fourth-order valence-electron chi connectivity index (χ4n) is 5.11. The van der Waals surface area contributed by atoms with E-state index in [2.05, 4.69) is 21.2 Å². The van der Waals surface area contributed by atoms with Crippen LogP contribution in [0.25, 0.3) is 22.4 Å². The van der Waals surface area contributed by atoms with Gasteiger partial charge in [-0.1, -0.05) is 18.2 Å². The lowest BCUT2D eigenvalue weighted by molar-refractivity contribution is 0.0734. The molecule has 2 saturated carbocycles. The molecule has 2 aromatic heterocycles. The summed E-state index contributed by atoms with van der Waals surface area (Å²) in [4.78, 5) is 30.1. The van der Waals surface area contributed by atoms with Gasteiger partial charge in [-0.05, 0) is 67.9 Å². The average Bonchev–Trinajstić information content (AvgIpc) is 3.28. The number of fused-ring (bicyclic) bond motifs is 2. The summed E-state index contributed by atoms with van der Waals surface area (Å²) in [5.74, 6) is 0.808. The van der Waals surface area contributed by atoms with Crippen molar-refractivity contribution < 1.29 is 13.9 Å². The molecular weight excluding hydrogens is 432 g/mol. The van der Waals surface area contributed by atoms with Crippen molar-refractivity contribution in [1.29, 1.82) is 0 Å². The first-order valence-electron chi connectivity index (χ1n) is 11.9. The fourth-order valence-corrected chi connectivity index (χ4v) is 5.11. The normalized spacial score (nSPS) is 20.1. The Hall–Kier alpha value is -3.81. The van der Waals surface area contributed by atoms with Crippen LogP contribution in [0.5, 0.6) is 5.75 Å². The topological polar surface area (TPSA) is 104 Å². The molecule has 8 heteroatoms. The van der Waals surface area contributed by atoms with E-state index >= 15 is 0 Å². The molecule has 172 valence electrons. The Morgan fingerprint density at radius 2 is 1.94 bits per heavy atom. The zero-order chi connectivity index (χ0) is 22.8. The van der Waals surface area contributed by atoms with Gasteiger partial charge >= 0.3 is 5.76 Å². The number of para-hydroxylation sites is 1. The second-order valence-corrected chi connectivity index (χ2v) is 9.60. The molecule has 0 radical (unpaired) electrons. The lowest BCUT2D eigenvalue weighted by Gasteiger charge is -2.29. The molecule has 7 rings (SSSR count). The maximum absolute atomic E-state index is 13.5. The van der Waals surface area contributed by atoms with Crippen LogP contribution < -0.4 is 10.5 Å². The summed E-state index contributed by atoms with van der Waals surface area (Å²) in [6.45, 7) is 0.711. The maximum atomic E-state index is 13.5. The van der Waals surface area contributed by atoms with E-state index in [4.69, 9.17) is 9.15 Å². The summed E-state index contributed by atoms with van der Waals surface area (Å²) in [6, 6.07) is 13.3. The third-order valence-electron chi connectivity index (χ3n) is 7.25. The van der Waals surface area contributed by atoms with Crippen LogP contribution in [0.2, 0.25) is 0 Å². The number of carbonyl (C=O) groups excluding carboxylic acids is 1. The number of aromatic amines is 2. The first kappa shape index (κ1) is 19.6. The molecule has 3 heterocycles. The van der Waals surface area contributed by atoms with Crippen LogP contribution in [-0.4, -0.2) is 38.6 Å². The third-order valence-corrected chi connectivity index (χ3v) is 7.25. The Morgan fingerprint density at radius 1 is 1.09 bits per heavy atom. The number of rotatable bonds is 6. The van der Waals surface area contributed by atoms with E-state index in [-0.39, 0.29) is 18.1 Å². The summed E-state index contributed by atoms with van der Waals surface area (Å²) in [7, 11) is 0. The molecule has 1 unspecified atom stereocenters. The number of hydrogen-bond acceptors (Lipinski definition) is 5. The van der Waals surface area contributed by atoms with Crippen molar-refractivity contribution in [1.82, 2.24) is 20.1 Å². The van der Waals surface area contributed by atoms with Gasteiger partial charge in [-0.25, -0.2) is 4.79 Å². The first-order chi connectivity index (χ1) is 16.7. The summed E-state index contributed by atoms with van der Waals surface area (Å²) in [6.07, 6.45) is 5.95.